The molecule has 0 aliphatic rings. The van der Waals surface area contributed by atoms with Crippen LogP contribution in [0.2, 0.25) is 0 Å². The van der Waals surface area contributed by atoms with Gasteiger partial charge in [-0.3, -0.25) is 4.79 Å². The first-order chi connectivity index (χ1) is 9.06. The molecule has 0 spiro atoms. The Labute approximate surface area is 113 Å². The number of nitrogens with one attached hydrogen (secondary N) is 1. The first-order valence-electron chi connectivity index (χ1n) is 5.44. The van der Waals surface area contributed by atoms with Gasteiger partial charge in [-0.1, -0.05) is 11.8 Å². The number of carbonyl (C=O) groups excluding carboxylic acids is 1. The molecule has 0 radical (unpaired) electrons. The number of benzene rings is 1. The van der Waals surface area contributed by atoms with Crippen LogP contribution in [0, 0.1) is 5.82 Å². The third-order valence-electron chi connectivity index (χ3n) is 2.30. The average Bonchev–Trinajstić information content (AvgIpc) is 2.78. The Kier molecular flexibility index (Phi) is 4.00. The Balaban J connectivity index is 1.96. The van der Waals surface area contributed by atoms with Crippen LogP contribution in [0.25, 0.3) is 0 Å². The maximum absolute atomic E-state index is 12.7. The lowest BCUT2D eigenvalue weighted by molar-refractivity contribution is -0.115. The van der Waals surface area contributed by atoms with Gasteiger partial charge in [0.1, 0.15) is 12.1 Å². The van der Waals surface area contributed by atoms with Crippen molar-refractivity contribution in [1.29, 1.82) is 0 Å². The molecule has 1 unspecified atom stereocenters. The Morgan fingerprint density at radius 2 is 2.16 bits per heavy atom. The number of nitrogen functional groups attached to an aromatic ring is 1. The number of aromatic nitrogens is 3. The van der Waals surface area contributed by atoms with Crippen LogP contribution in [-0.4, -0.2) is 26.0 Å². The molecule has 1 atom stereocenters. The fourth-order valence-corrected chi connectivity index (χ4v) is 2.05. The molecule has 0 saturated carbocycles. The SMILES string of the molecule is CC(Sc1nncn1N)C(=O)Nc1ccc(F)cc1. The summed E-state index contributed by atoms with van der Waals surface area (Å²) in [4.78, 5) is 11.9. The van der Waals surface area contributed by atoms with Crippen molar-refractivity contribution in [2.75, 3.05) is 11.2 Å². The van der Waals surface area contributed by atoms with Gasteiger partial charge >= 0.3 is 0 Å². The molecule has 0 fully saturated rings. The van der Waals surface area contributed by atoms with Crippen LogP contribution in [-0.2, 0) is 4.79 Å². The molecule has 100 valence electrons. The molecule has 19 heavy (non-hydrogen) atoms. The van der Waals surface area contributed by atoms with Crippen molar-refractivity contribution in [2.24, 2.45) is 0 Å². The fraction of sp³-hybridized carbons (Fsp3) is 0.182. The smallest absolute Gasteiger partial charge is 0.237 e. The van der Waals surface area contributed by atoms with Crippen molar-refractivity contribution in [3.63, 3.8) is 0 Å². The van der Waals surface area contributed by atoms with E-state index in [0.717, 1.165) is 0 Å². The first-order valence-corrected chi connectivity index (χ1v) is 6.32. The first kappa shape index (κ1) is 13.3. The Bertz CT molecular complexity index is 571. The number of nitrogens with zero attached hydrogens (tertiary/aromatic N) is 3. The topological polar surface area (TPSA) is 85.8 Å². The van der Waals surface area contributed by atoms with E-state index >= 15 is 0 Å². The van der Waals surface area contributed by atoms with Crippen LogP contribution in [0.1, 0.15) is 6.92 Å². The van der Waals surface area contributed by atoms with Crippen molar-refractivity contribution in [3.05, 3.63) is 36.4 Å². The quantitative estimate of drug-likeness (QED) is 0.650. The molecule has 8 heteroatoms. The summed E-state index contributed by atoms with van der Waals surface area (Å²) in [6.07, 6.45) is 1.35. The lowest BCUT2D eigenvalue weighted by Crippen LogP contribution is -2.23. The van der Waals surface area contributed by atoms with Gasteiger partial charge in [-0.2, -0.15) is 0 Å². The van der Waals surface area contributed by atoms with Crippen molar-refractivity contribution in [1.82, 2.24) is 14.9 Å². The molecule has 1 amide bonds. The van der Waals surface area contributed by atoms with Gasteiger partial charge in [0.2, 0.25) is 11.1 Å². The van der Waals surface area contributed by atoms with E-state index in [0.29, 0.717) is 10.8 Å². The Morgan fingerprint density at radius 3 is 2.74 bits per heavy atom. The normalized spacial score (nSPS) is 12.1. The minimum Gasteiger partial charge on any atom is -0.336 e. The summed E-state index contributed by atoms with van der Waals surface area (Å²) in [5, 5.41) is 10.1. The van der Waals surface area contributed by atoms with Gasteiger partial charge in [-0.05, 0) is 31.2 Å². The zero-order valence-electron chi connectivity index (χ0n) is 10.1. The summed E-state index contributed by atoms with van der Waals surface area (Å²) < 4.78 is 14.0. The third kappa shape index (κ3) is 3.44. The number of amides is 1. The molecule has 2 aromatic rings. The molecule has 6 nitrogen and oxygen atoms in total. The molecule has 3 N–H and O–H groups in total. The highest BCUT2D eigenvalue weighted by Crippen LogP contribution is 2.20. The summed E-state index contributed by atoms with van der Waals surface area (Å²) in [6, 6.07) is 5.56. The van der Waals surface area contributed by atoms with Crippen LogP contribution in [0.15, 0.2) is 35.7 Å². The highest BCUT2D eigenvalue weighted by atomic mass is 32.2. The summed E-state index contributed by atoms with van der Waals surface area (Å²) in [6.45, 7) is 1.72. The van der Waals surface area contributed by atoms with E-state index < -0.39 is 5.25 Å². The van der Waals surface area contributed by atoms with Gasteiger partial charge in [0.05, 0.1) is 5.25 Å². The molecule has 1 aromatic carbocycles. The Hall–Kier alpha value is -2.09. The lowest BCUT2D eigenvalue weighted by atomic mass is 10.3. The molecule has 0 aliphatic heterocycles. The summed E-state index contributed by atoms with van der Waals surface area (Å²) in [5.74, 6) is 4.98. The van der Waals surface area contributed by atoms with Crippen molar-refractivity contribution < 1.29 is 9.18 Å². The number of anilines is 1. The van der Waals surface area contributed by atoms with Gasteiger partial charge < -0.3 is 11.2 Å². The zero-order chi connectivity index (χ0) is 13.8. The monoisotopic (exact) mass is 281 g/mol. The van der Waals surface area contributed by atoms with Gasteiger partial charge in [0.15, 0.2) is 0 Å². The number of hydrogen-bond donors (Lipinski definition) is 2. The minimum absolute atomic E-state index is 0.223. The van der Waals surface area contributed by atoms with Crippen molar-refractivity contribution in [3.8, 4) is 0 Å². The Morgan fingerprint density at radius 1 is 1.47 bits per heavy atom. The largest absolute Gasteiger partial charge is 0.336 e. The van der Waals surface area contributed by atoms with Crippen molar-refractivity contribution in [2.45, 2.75) is 17.3 Å². The fourth-order valence-electron chi connectivity index (χ4n) is 1.31. The second kappa shape index (κ2) is 5.70. The zero-order valence-corrected chi connectivity index (χ0v) is 10.9. The second-order valence-electron chi connectivity index (χ2n) is 3.78. The van der Waals surface area contributed by atoms with E-state index in [4.69, 9.17) is 5.84 Å². The predicted molar refractivity (Wildman–Crippen MR) is 70.5 cm³/mol. The number of rotatable bonds is 4. The third-order valence-corrected chi connectivity index (χ3v) is 3.37. The molecule has 0 saturated heterocycles. The maximum Gasteiger partial charge on any atom is 0.237 e. The molecular weight excluding hydrogens is 269 g/mol. The van der Waals surface area contributed by atoms with E-state index in [9.17, 15) is 9.18 Å². The number of hydrogen-bond acceptors (Lipinski definition) is 5. The van der Waals surface area contributed by atoms with Crippen LogP contribution < -0.4 is 11.2 Å². The molecule has 0 bridgehead atoms. The van der Waals surface area contributed by atoms with Crippen LogP contribution >= 0.6 is 11.8 Å². The lowest BCUT2D eigenvalue weighted by Gasteiger charge is -2.11. The number of thioether (sulfide) groups is 1. The van der Waals surface area contributed by atoms with Crippen LogP contribution in [0.4, 0.5) is 10.1 Å². The highest BCUT2D eigenvalue weighted by Gasteiger charge is 2.17. The van der Waals surface area contributed by atoms with E-state index in [1.807, 2.05) is 0 Å². The van der Waals surface area contributed by atoms with Crippen LogP contribution in [0.5, 0.6) is 0 Å². The van der Waals surface area contributed by atoms with Crippen molar-refractivity contribution >= 4 is 23.4 Å². The van der Waals surface area contributed by atoms with E-state index in [2.05, 4.69) is 15.5 Å². The number of halogens is 1. The molecular formula is C11H12FN5OS. The second-order valence-corrected chi connectivity index (χ2v) is 5.08. The van der Waals surface area contributed by atoms with Gasteiger partial charge in [0, 0.05) is 5.69 Å². The van der Waals surface area contributed by atoms with E-state index in [-0.39, 0.29) is 11.7 Å². The number of carbonyl (C=O) groups is 1. The van der Waals surface area contributed by atoms with Gasteiger partial charge in [0.25, 0.3) is 0 Å². The van der Waals surface area contributed by atoms with E-state index in [1.54, 1.807) is 6.92 Å². The molecule has 2 rings (SSSR count). The minimum atomic E-state index is -0.406. The standard InChI is InChI=1S/C11H12FN5OS/c1-7(19-11-16-14-6-17(11)13)10(18)15-9-4-2-8(12)3-5-9/h2-7H,13H2,1H3,(H,15,18). The summed E-state index contributed by atoms with van der Waals surface area (Å²) >= 11 is 1.19. The molecule has 1 heterocycles. The predicted octanol–water partition coefficient (Wildman–Crippen LogP) is 1.25. The molecule has 0 aliphatic carbocycles. The maximum atomic E-state index is 12.7. The van der Waals surface area contributed by atoms with E-state index in [1.165, 1.54) is 47.0 Å². The summed E-state index contributed by atoms with van der Waals surface area (Å²) in [7, 11) is 0. The van der Waals surface area contributed by atoms with Crippen LogP contribution in [0.3, 0.4) is 0 Å². The average molecular weight is 281 g/mol. The summed E-state index contributed by atoms with van der Waals surface area (Å²) in [5.41, 5.74) is 0.535. The van der Waals surface area contributed by atoms with Gasteiger partial charge in [-0.15, -0.1) is 10.2 Å². The molecule has 1 aromatic heterocycles. The highest BCUT2D eigenvalue weighted by molar-refractivity contribution is 8.00. The number of nitrogens with two attached hydrogens (primary N) is 1. The van der Waals surface area contributed by atoms with Gasteiger partial charge in [-0.25, -0.2) is 9.07 Å².